The van der Waals surface area contributed by atoms with Gasteiger partial charge in [0.2, 0.25) is 5.91 Å². The van der Waals surface area contributed by atoms with Gasteiger partial charge in [-0.05, 0) is 30.5 Å². The first-order chi connectivity index (χ1) is 8.10. The van der Waals surface area contributed by atoms with Gasteiger partial charge in [-0.25, -0.2) is 0 Å². The molecule has 3 nitrogen and oxygen atoms in total. The van der Waals surface area contributed by atoms with Crippen molar-refractivity contribution in [3.05, 3.63) is 29.3 Å². The SMILES string of the molecule is COc1ccc(CC2SC(=S)NC2=O)cc1C. The number of nitrogens with one attached hydrogen (secondary N) is 1. The topological polar surface area (TPSA) is 38.3 Å². The normalized spacial score (nSPS) is 19.3. The number of benzene rings is 1. The third-order valence-electron chi connectivity index (χ3n) is 2.65. The van der Waals surface area contributed by atoms with Crippen LogP contribution in [0.3, 0.4) is 0 Å². The Morgan fingerprint density at radius 1 is 1.53 bits per heavy atom. The van der Waals surface area contributed by atoms with E-state index in [9.17, 15) is 4.79 Å². The number of thioether (sulfide) groups is 1. The summed E-state index contributed by atoms with van der Waals surface area (Å²) in [6.07, 6.45) is 0.696. The Morgan fingerprint density at radius 3 is 2.82 bits per heavy atom. The van der Waals surface area contributed by atoms with E-state index in [2.05, 4.69) is 5.32 Å². The summed E-state index contributed by atoms with van der Waals surface area (Å²) >= 11 is 6.39. The quantitative estimate of drug-likeness (QED) is 0.851. The number of ether oxygens (including phenoxy) is 1. The smallest absolute Gasteiger partial charge is 0.239 e. The molecule has 1 fully saturated rings. The van der Waals surface area contributed by atoms with Crippen LogP contribution in [0.1, 0.15) is 11.1 Å². The number of amides is 1. The average molecular weight is 267 g/mol. The minimum absolute atomic E-state index is 0.00784. The molecule has 1 aliphatic heterocycles. The van der Waals surface area contributed by atoms with E-state index in [0.717, 1.165) is 16.9 Å². The molecule has 0 aliphatic carbocycles. The van der Waals surface area contributed by atoms with Crippen LogP contribution in [0.25, 0.3) is 0 Å². The monoisotopic (exact) mass is 267 g/mol. The van der Waals surface area contributed by atoms with E-state index in [1.165, 1.54) is 11.8 Å². The van der Waals surface area contributed by atoms with Crippen LogP contribution in [0, 0.1) is 6.92 Å². The highest BCUT2D eigenvalue weighted by Gasteiger charge is 2.28. The lowest BCUT2D eigenvalue weighted by Crippen LogP contribution is -2.25. The number of carbonyl (C=O) groups is 1. The molecule has 1 unspecified atom stereocenters. The Kier molecular flexibility index (Phi) is 3.69. The van der Waals surface area contributed by atoms with Crippen molar-refractivity contribution in [2.45, 2.75) is 18.6 Å². The molecule has 0 spiro atoms. The molecule has 1 amide bonds. The van der Waals surface area contributed by atoms with Gasteiger partial charge in [-0.15, -0.1) is 0 Å². The summed E-state index contributed by atoms with van der Waals surface area (Å²) < 4.78 is 5.78. The molecule has 5 heteroatoms. The molecule has 2 rings (SSSR count). The van der Waals surface area contributed by atoms with Crippen molar-refractivity contribution in [1.29, 1.82) is 0 Å². The maximum absolute atomic E-state index is 11.6. The summed E-state index contributed by atoms with van der Waals surface area (Å²) in [5.41, 5.74) is 2.21. The van der Waals surface area contributed by atoms with E-state index in [-0.39, 0.29) is 11.2 Å². The molecule has 0 radical (unpaired) electrons. The Hall–Kier alpha value is -1.07. The van der Waals surface area contributed by atoms with Crippen LogP contribution in [0.5, 0.6) is 5.75 Å². The largest absolute Gasteiger partial charge is 0.496 e. The third kappa shape index (κ3) is 2.79. The van der Waals surface area contributed by atoms with Crippen LogP contribution >= 0.6 is 24.0 Å². The van der Waals surface area contributed by atoms with E-state index >= 15 is 0 Å². The zero-order valence-electron chi connectivity index (χ0n) is 9.65. The van der Waals surface area contributed by atoms with E-state index in [0.29, 0.717) is 10.7 Å². The van der Waals surface area contributed by atoms with Crippen molar-refractivity contribution in [2.75, 3.05) is 7.11 Å². The summed E-state index contributed by atoms with van der Waals surface area (Å²) in [4.78, 5) is 11.6. The van der Waals surface area contributed by atoms with Gasteiger partial charge in [-0.2, -0.15) is 0 Å². The third-order valence-corrected chi connectivity index (χ3v) is 4.02. The minimum Gasteiger partial charge on any atom is -0.496 e. The number of hydrogen-bond donors (Lipinski definition) is 1. The molecule has 1 saturated heterocycles. The average Bonchev–Trinajstić information content (AvgIpc) is 2.58. The number of methoxy groups -OCH3 is 1. The van der Waals surface area contributed by atoms with E-state index < -0.39 is 0 Å². The predicted molar refractivity (Wildman–Crippen MR) is 73.6 cm³/mol. The van der Waals surface area contributed by atoms with Crippen LogP contribution in [-0.2, 0) is 11.2 Å². The Labute approximate surface area is 110 Å². The van der Waals surface area contributed by atoms with Crippen LogP contribution in [0.2, 0.25) is 0 Å². The Bertz CT molecular complexity index is 474. The lowest BCUT2D eigenvalue weighted by Gasteiger charge is -2.09. The van der Waals surface area contributed by atoms with Gasteiger partial charge >= 0.3 is 0 Å². The summed E-state index contributed by atoms with van der Waals surface area (Å²) in [5.74, 6) is 0.876. The van der Waals surface area contributed by atoms with E-state index in [4.69, 9.17) is 17.0 Å². The van der Waals surface area contributed by atoms with Crippen molar-refractivity contribution < 1.29 is 9.53 Å². The van der Waals surface area contributed by atoms with Gasteiger partial charge in [0.25, 0.3) is 0 Å². The first kappa shape index (κ1) is 12.4. The molecular weight excluding hydrogens is 254 g/mol. The van der Waals surface area contributed by atoms with Crippen molar-refractivity contribution >= 4 is 34.2 Å². The Morgan fingerprint density at radius 2 is 2.29 bits per heavy atom. The standard InChI is InChI=1S/C12H13NO2S2/c1-7-5-8(3-4-9(7)15-2)6-10-11(14)13-12(16)17-10/h3-5,10H,6H2,1-2H3,(H,13,14,16). The summed E-state index contributed by atoms with van der Waals surface area (Å²) in [6, 6.07) is 5.97. The van der Waals surface area contributed by atoms with E-state index in [1.807, 2.05) is 25.1 Å². The molecule has 1 heterocycles. The maximum atomic E-state index is 11.6. The number of rotatable bonds is 3. The second kappa shape index (κ2) is 5.06. The number of carbonyl (C=O) groups excluding carboxylic acids is 1. The highest BCUT2D eigenvalue weighted by atomic mass is 32.2. The predicted octanol–water partition coefficient (Wildman–Crippen LogP) is 2.06. The van der Waals surface area contributed by atoms with E-state index in [1.54, 1.807) is 7.11 Å². The number of thiocarbonyl (C=S) groups is 1. The number of hydrogen-bond acceptors (Lipinski definition) is 4. The first-order valence-corrected chi connectivity index (χ1v) is 6.54. The van der Waals surface area contributed by atoms with Crippen molar-refractivity contribution in [3.63, 3.8) is 0 Å². The summed E-state index contributed by atoms with van der Waals surface area (Å²) in [6.45, 7) is 1.99. The lowest BCUT2D eigenvalue weighted by atomic mass is 10.1. The van der Waals surface area contributed by atoms with Crippen LogP contribution in [-0.4, -0.2) is 22.6 Å². The van der Waals surface area contributed by atoms with Crippen molar-refractivity contribution in [2.24, 2.45) is 0 Å². The van der Waals surface area contributed by atoms with Crippen molar-refractivity contribution in [1.82, 2.24) is 5.32 Å². The fraction of sp³-hybridized carbons (Fsp3) is 0.333. The molecule has 0 aromatic heterocycles. The number of aryl methyl sites for hydroxylation is 1. The zero-order chi connectivity index (χ0) is 12.4. The van der Waals surface area contributed by atoms with Gasteiger partial charge < -0.3 is 10.1 Å². The van der Waals surface area contributed by atoms with Gasteiger partial charge in [-0.1, -0.05) is 36.1 Å². The zero-order valence-corrected chi connectivity index (χ0v) is 11.3. The van der Waals surface area contributed by atoms with Gasteiger partial charge in [0, 0.05) is 0 Å². The first-order valence-electron chi connectivity index (χ1n) is 5.25. The van der Waals surface area contributed by atoms with Gasteiger partial charge in [0.15, 0.2) is 0 Å². The summed E-state index contributed by atoms with van der Waals surface area (Å²) in [7, 11) is 1.65. The molecule has 0 bridgehead atoms. The van der Waals surface area contributed by atoms with Crippen molar-refractivity contribution in [3.8, 4) is 5.75 Å². The van der Waals surface area contributed by atoms with Gasteiger partial charge in [0.1, 0.15) is 10.1 Å². The fourth-order valence-electron chi connectivity index (χ4n) is 1.81. The lowest BCUT2D eigenvalue weighted by molar-refractivity contribution is -0.118. The molecule has 17 heavy (non-hydrogen) atoms. The fourth-order valence-corrected chi connectivity index (χ4v) is 3.12. The molecular formula is C12H13NO2S2. The molecule has 1 aromatic rings. The highest BCUT2D eigenvalue weighted by Crippen LogP contribution is 2.25. The molecule has 1 N–H and O–H groups in total. The van der Waals surface area contributed by atoms with Crippen LogP contribution < -0.4 is 10.1 Å². The second-order valence-electron chi connectivity index (χ2n) is 3.89. The maximum Gasteiger partial charge on any atom is 0.239 e. The van der Waals surface area contributed by atoms with Gasteiger partial charge in [0.05, 0.1) is 12.4 Å². The molecule has 90 valence electrons. The second-order valence-corrected chi connectivity index (χ2v) is 5.77. The molecule has 1 aromatic carbocycles. The minimum atomic E-state index is -0.102. The van der Waals surface area contributed by atoms with Gasteiger partial charge in [-0.3, -0.25) is 4.79 Å². The Balaban J connectivity index is 2.11. The summed E-state index contributed by atoms with van der Waals surface area (Å²) in [5, 5.41) is 2.55. The molecule has 1 atom stereocenters. The van der Waals surface area contributed by atoms with Crippen LogP contribution in [0.4, 0.5) is 0 Å². The highest BCUT2D eigenvalue weighted by molar-refractivity contribution is 8.24. The molecule has 0 saturated carbocycles. The molecule has 1 aliphatic rings. The van der Waals surface area contributed by atoms with Crippen LogP contribution in [0.15, 0.2) is 18.2 Å².